The van der Waals surface area contributed by atoms with Gasteiger partial charge in [0.25, 0.3) is 0 Å². The SMILES string of the molecule is Cc1csc(=O)n1CCC(=O)Nc1ccc(Br)cn1. The van der Waals surface area contributed by atoms with Crippen LogP contribution in [0.15, 0.2) is 33.0 Å². The van der Waals surface area contributed by atoms with Gasteiger partial charge in [0.15, 0.2) is 0 Å². The zero-order valence-electron chi connectivity index (χ0n) is 10.2. The fraction of sp³-hybridized carbons (Fsp3) is 0.250. The number of nitrogens with one attached hydrogen (secondary N) is 1. The molecule has 0 unspecified atom stereocenters. The van der Waals surface area contributed by atoms with Crippen molar-refractivity contribution in [3.05, 3.63) is 43.5 Å². The molecule has 2 aromatic rings. The summed E-state index contributed by atoms with van der Waals surface area (Å²) in [5, 5.41) is 4.48. The molecule has 100 valence electrons. The standard InChI is InChI=1S/C12H12BrN3O2S/c1-8-7-19-12(18)16(8)5-4-11(17)15-10-3-2-9(13)6-14-10/h2-3,6-7H,4-5H2,1H3,(H,14,15,17). The van der Waals surface area contributed by atoms with Gasteiger partial charge in [0.2, 0.25) is 5.91 Å². The molecule has 19 heavy (non-hydrogen) atoms. The van der Waals surface area contributed by atoms with Crippen LogP contribution in [0.2, 0.25) is 0 Å². The van der Waals surface area contributed by atoms with E-state index in [9.17, 15) is 9.59 Å². The number of carbonyl (C=O) groups is 1. The Morgan fingerprint density at radius 1 is 1.53 bits per heavy atom. The molecule has 2 heterocycles. The summed E-state index contributed by atoms with van der Waals surface area (Å²) in [6.45, 7) is 2.24. The van der Waals surface area contributed by atoms with Crippen LogP contribution in [-0.2, 0) is 11.3 Å². The second-order valence-electron chi connectivity index (χ2n) is 3.95. The van der Waals surface area contributed by atoms with Crippen molar-refractivity contribution >= 4 is 39.0 Å². The van der Waals surface area contributed by atoms with Crippen LogP contribution in [0.3, 0.4) is 0 Å². The van der Waals surface area contributed by atoms with Crippen LogP contribution < -0.4 is 10.2 Å². The summed E-state index contributed by atoms with van der Waals surface area (Å²) in [6.07, 6.45) is 1.86. The van der Waals surface area contributed by atoms with Crippen molar-refractivity contribution in [1.82, 2.24) is 9.55 Å². The third kappa shape index (κ3) is 3.74. The molecule has 0 spiro atoms. The number of hydrogen-bond acceptors (Lipinski definition) is 4. The highest BCUT2D eigenvalue weighted by molar-refractivity contribution is 9.10. The van der Waals surface area contributed by atoms with E-state index in [0.717, 1.165) is 21.5 Å². The maximum absolute atomic E-state index is 11.7. The topological polar surface area (TPSA) is 64.0 Å². The summed E-state index contributed by atoms with van der Waals surface area (Å²) < 4.78 is 2.45. The van der Waals surface area contributed by atoms with Gasteiger partial charge in [-0.1, -0.05) is 11.3 Å². The number of rotatable bonds is 4. The molecule has 0 saturated heterocycles. The average Bonchev–Trinajstić information content (AvgIpc) is 2.70. The van der Waals surface area contributed by atoms with Gasteiger partial charge in [-0.05, 0) is 35.0 Å². The number of pyridine rings is 1. The number of thiazole rings is 1. The number of nitrogens with zero attached hydrogens (tertiary/aromatic N) is 2. The predicted octanol–water partition coefficient (Wildman–Crippen LogP) is 2.40. The lowest BCUT2D eigenvalue weighted by atomic mass is 10.3. The molecular weight excluding hydrogens is 330 g/mol. The Morgan fingerprint density at radius 2 is 2.32 bits per heavy atom. The molecule has 5 nitrogen and oxygen atoms in total. The fourth-order valence-electron chi connectivity index (χ4n) is 1.54. The van der Waals surface area contributed by atoms with E-state index < -0.39 is 0 Å². The molecule has 0 radical (unpaired) electrons. The Morgan fingerprint density at radius 3 is 2.89 bits per heavy atom. The molecule has 2 aromatic heterocycles. The zero-order valence-corrected chi connectivity index (χ0v) is 12.6. The van der Waals surface area contributed by atoms with Crippen LogP contribution in [0.1, 0.15) is 12.1 Å². The van der Waals surface area contributed by atoms with Crippen molar-refractivity contribution in [3.63, 3.8) is 0 Å². The number of anilines is 1. The number of aromatic nitrogens is 2. The molecule has 0 atom stereocenters. The lowest BCUT2D eigenvalue weighted by Gasteiger charge is -2.06. The number of amides is 1. The van der Waals surface area contributed by atoms with Crippen molar-refractivity contribution in [2.45, 2.75) is 19.9 Å². The Bertz CT molecular complexity index is 633. The summed E-state index contributed by atoms with van der Waals surface area (Å²) in [4.78, 5) is 27.2. The Labute approximate surface area is 122 Å². The van der Waals surface area contributed by atoms with Gasteiger partial charge in [0.1, 0.15) is 5.82 Å². The normalized spacial score (nSPS) is 10.4. The molecule has 0 fully saturated rings. The number of aryl methyl sites for hydroxylation is 1. The van der Waals surface area contributed by atoms with Gasteiger partial charge in [-0.25, -0.2) is 4.98 Å². The van der Waals surface area contributed by atoms with Crippen LogP contribution in [-0.4, -0.2) is 15.5 Å². The van der Waals surface area contributed by atoms with E-state index in [2.05, 4.69) is 26.2 Å². The minimum Gasteiger partial charge on any atom is -0.311 e. The molecule has 0 aromatic carbocycles. The van der Waals surface area contributed by atoms with Gasteiger partial charge < -0.3 is 9.88 Å². The third-order valence-electron chi connectivity index (χ3n) is 2.53. The molecule has 0 aliphatic heterocycles. The lowest BCUT2D eigenvalue weighted by molar-refractivity contribution is -0.116. The summed E-state index contributed by atoms with van der Waals surface area (Å²) in [6, 6.07) is 3.51. The quantitative estimate of drug-likeness (QED) is 0.928. The van der Waals surface area contributed by atoms with E-state index in [4.69, 9.17) is 0 Å². The Balaban J connectivity index is 1.92. The molecule has 0 aliphatic carbocycles. The van der Waals surface area contributed by atoms with E-state index in [1.807, 2.05) is 6.92 Å². The third-order valence-corrected chi connectivity index (χ3v) is 3.88. The molecule has 7 heteroatoms. The maximum atomic E-state index is 11.7. The highest BCUT2D eigenvalue weighted by Crippen LogP contribution is 2.10. The summed E-state index contributed by atoms with van der Waals surface area (Å²) >= 11 is 4.42. The van der Waals surface area contributed by atoms with Gasteiger partial charge in [-0.15, -0.1) is 0 Å². The Kier molecular flexibility index (Phi) is 4.49. The highest BCUT2D eigenvalue weighted by Gasteiger charge is 2.07. The van der Waals surface area contributed by atoms with Crippen LogP contribution in [0.5, 0.6) is 0 Å². The van der Waals surface area contributed by atoms with Crippen LogP contribution in [0, 0.1) is 6.92 Å². The first kappa shape index (κ1) is 14.0. The van der Waals surface area contributed by atoms with E-state index in [0.29, 0.717) is 12.4 Å². The van der Waals surface area contributed by atoms with Crippen molar-refractivity contribution in [2.24, 2.45) is 0 Å². The molecular formula is C12H12BrN3O2S. The van der Waals surface area contributed by atoms with Gasteiger partial charge >= 0.3 is 4.87 Å². The van der Waals surface area contributed by atoms with Crippen LogP contribution >= 0.6 is 27.3 Å². The molecule has 2 rings (SSSR count). The van der Waals surface area contributed by atoms with E-state index in [1.165, 1.54) is 0 Å². The highest BCUT2D eigenvalue weighted by atomic mass is 79.9. The monoisotopic (exact) mass is 341 g/mol. The number of halogens is 1. The smallest absolute Gasteiger partial charge is 0.307 e. The van der Waals surface area contributed by atoms with E-state index >= 15 is 0 Å². The second kappa shape index (κ2) is 6.12. The number of carbonyl (C=O) groups excluding carboxylic acids is 1. The lowest BCUT2D eigenvalue weighted by Crippen LogP contribution is -2.20. The van der Waals surface area contributed by atoms with Crippen molar-refractivity contribution < 1.29 is 4.79 Å². The summed E-state index contributed by atoms with van der Waals surface area (Å²) in [5.74, 6) is 0.343. The van der Waals surface area contributed by atoms with E-state index in [1.54, 1.807) is 28.3 Å². The average molecular weight is 342 g/mol. The number of hydrogen-bond donors (Lipinski definition) is 1. The largest absolute Gasteiger partial charge is 0.311 e. The molecule has 1 amide bonds. The molecule has 1 N–H and O–H groups in total. The predicted molar refractivity (Wildman–Crippen MR) is 78.5 cm³/mol. The van der Waals surface area contributed by atoms with Crippen LogP contribution in [0.4, 0.5) is 5.82 Å². The van der Waals surface area contributed by atoms with Gasteiger partial charge in [0, 0.05) is 34.7 Å². The van der Waals surface area contributed by atoms with Crippen molar-refractivity contribution in [2.75, 3.05) is 5.32 Å². The first-order valence-corrected chi connectivity index (χ1v) is 7.30. The molecule has 0 aliphatic rings. The van der Waals surface area contributed by atoms with Gasteiger partial charge in [-0.2, -0.15) is 0 Å². The van der Waals surface area contributed by atoms with E-state index in [-0.39, 0.29) is 17.2 Å². The molecule has 0 saturated carbocycles. The fourth-order valence-corrected chi connectivity index (χ4v) is 2.54. The van der Waals surface area contributed by atoms with Crippen molar-refractivity contribution in [1.29, 1.82) is 0 Å². The summed E-state index contributed by atoms with van der Waals surface area (Å²) in [5.41, 5.74) is 0.879. The molecule has 0 bridgehead atoms. The van der Waals surface area contributed by atoms with Gasteiger partial charge in [-0.3, -0.25) is 9.59 Å². The second-order valence-corrected chi connectivity index (χ2v) is 5.69. The van der Waals surface area contributed by atoms with Gasteiger partial charge in [0.05, 0.1) is 0 Å². The first-order valence-electron chi connectivity index (χ1n) is 5.62. The summed E-state index contributed by atoms with van der Waals surface area (Å²) in [7, 11) is 0. The minimum atomic E-state index is -0.160. The Hall–Kier alpha value is -1.47. The first-order chi connectivity index (χ1) is 9.06. The minimum absolute atomic E-state index is 0.0351. The van der Waals surface area contributed by atoms with Crippen LogP contribution in [0.25, 0.3) is 0 Å². The maximum Gasteiger partial charge on any atom is 0.307 e. The van der Waals surface area contributed by atoms with Crippen molar-refractivity contribution in [3.8, 4) is 0 Å². The zero-order chi connectivity index (χ0) is 13.8.